The van der Waals surface area contributed by atoms with E-state index in [0.29, 0.717) is 17.8 Å². The van der Waals surface area contributed by atoms with Crippen LogP contribution in [0.4, 0.5) is 5.95 Å². The van der Waals surface area contributed by atoms with E-state index in [1.54, 1.807) is 7.11 Å². The van der Waals surface area contributed by atoms with Crippen LogP contribution in [0.25, 0.3) is 0 Å². The first-order valence-corrected chi connectivity index (χ1v) is 9.95. The minimum absolute atomic E-state index is 0.207. The molecule has 0 unspecified atom stereocenters. The van der Waals surface area contributed by atoms with Crippen LogP contribution in [0, 0.1) is 0 Å². The standard InChI is InChI=1S/C21H26N4O2/c1-27-20-7-4-14(10-19(20)26)13-25-15-5-6-18(25)16-12-22-21(23-17(16)11-15)24-8-2-3-9-24/h4,7,10,12,15,18,26H,2-3,5-6,8-9,11,13H2,1H3/t15-,18-/m0/s1. The van der Waals surface area contributed by atoms with Crippen molar-refractivity contribution in [1.82, 2.24) is 14.9 Å². The van der Waals surface area contributed by atoms with Gasteiger partial charge in [-0.15, -0.1) is 0 Å². The molecule has 2 saturated heterocycles. The number of rotatable bonds is 4. The summed E-state index contributed by atoms with van der Waals surface area (Å²) in [6.07, 6.45) is 7.91. The zero-order chi connectivity index (χ0) is 18.4. The van der Waals surface area contributed by atoms with E-state index < -0.39 is 0 Å². The number of hydrogen-bond donors (Lipinski definition) is 1. The summed E-state index contributed by atoms with van der Waals surface area (Å²) >= 11 is 0. The number of phenolic OH excluding ortho intramolecular Hbond substituents is 1. The second kappa shape index (κ2) is 6.68. The second-order valence-electron chi connectivity index (χ2n) is 7.90. The van der Waals surface area contributed by atoms with E-state index in [-0.39, 0.29) is 5.75 Å². The van der Waals surface area contributed by atoms with Crippen molar-refractivity contribution >= 4 is 5.95 Å². The van der Waals surface area contributed by atoms with Gasteiger partial charge in [-0.3, -0.25) is 4.90 Å². The fourth-order valence-electron chi connectivity index (χ4n) is 4.92. The number of aromatic nitrogens is 2. The minimum atomic E-state index is 0.207. The molecule has 2 bridgehead atoms. The van der Waals surface area contributed by atoms with Crippen molar-refractivity contribution in [3.63, 3.8) is 0 Å². The van der Waals surface area contributed by atoms with E-state index in [0.717, 1.165) is 44.0 Å². The second-order valence-corrected chi connectivity index (χ2v) is 7.90. The SMILES string of the molecule is COc1ccc(CN2[C@H]3CC[C@H]2c2cnc(N4CCCC4)nc2C3)cc1O. The van der Waals surface area contributed by atoms with Crippen LogP contribution in [0.2, 0.25) is 0 Å². The molecule has 2 fully saturated rings. The molecule has 0 spiro atoms. The van der Waals surface area contributed by atoms with Gasteiger partial charge in [0, 0.05) is 49.9 Å². The molecule has 4 heterocycles. The Kier molecular flexibility index (Phi) is 4.16. The van der Waals surface area contributed by atoms with Gasteiger partial charge in [0.1, 0.15) is 0 Å². The van der Waals surface area contributed by atoms with E-state index in [4.69, 9.17) is 14.7 Å². The maximum Gasteiger partial charge on any atom is 0.225 e. The predicted molar refractivity (Wildman–Crippen MR) is 103 cm³/mol. The van der Waals surface area contributed by atoms with Crippen molar-refractivity contribution < 1.29 is 9.84 Å². The van der Waals surface area contributed by atoms with Crippen molar-refractivity contribution in [1.29, 1.82) is 0 Å². The van der Waals surface area contributed by atoms with Crippen molar-refractivity contribution in [3.05, 3.63) is 41.2 Å². The number of nitrogens with zero attached hydrogens (tertiary/aromatic N) is 4. The summed E-state index contributed by atoms with van der Waals surface area (Å²) in [6.45, 7) is 3.00. The predicted octanol–water partition coefficient (Wildman–Crippen LogP) is 3.05. The molecule has 0 amide bonds. The number of anilines is 1. The molecule has 1 N–H and O–H groups in total. The molecule has 2 aromatic rings. The molecule has 0 aliphatic carbocycles. The number of methoxy groups -OCH3 is 1. The maximum atomic E-state index is 10.1. The Morgan fingerprint density at radius 1 is 1.22 bits per heavy atom. The molecule has 3 aliphatic rings. The van der Waals surface area contributed by atoms with Crippen LogP contribution in [-0.2, 0) is 13.0 Å². The Morgan fingerprint density at radius 2 is 2.07 bits per heavy atom. The molecule has 0 saturated carbocycles. The topological polar surface area (TPSA) is 61.7 Å². The summed E-state index contributed by atoms with van der Waals surface area (Å²) in [4.78, 5) is 14.5. The van der Waals surface area contributed by atoms with Gasteiger partial charge < -0.3 is 14.7 Å². The molecule has 6 nitrogen and oxygen atoms in total. The molecule has 5 rings (SSSR count). The normalized spacial score (nSPS) is 24.3. The lowest BCUT2D eigenvalue weighted by Gasteiger charge is -2.36. The highest BCUT2D eigenvalue weighted by molar-refractivity contribution is 5.42. The van der Waals surface area contributed by atoms with Gasteiger partial charge in [0.2, 0.25) is 5.95 Å². The van der Waals surface area contributed by atoms with Gasteiger partial charge in [-0.1, -0.05) is 6.07 Å². The molecule has 1 aromatic heterocycles. The van der Waals surface area contributed by atoms with Crippen LogP contribution in [0.5, 0.6) is 11.5 Å². The van der Waals surface area contributed by atoms with Gasteiger partial charge in [-0.05, 0) is 43.4 Å². The summed E-state index contributed by atoms with van der Waals surface area (Å²) in [5.41, 5.74) is 3.65. The Labute approximate surface area is 159 Å². The number of benzene rings is 1. The maximum absolute atomic E-state index is 10.1. The first-order valence-electron chi connectivity index (χ1n) is 9.95. The summed E-state index contributed by atoms with van der Waals surface area (Å²) < 4.78 is 5.16. The fourth-order valence-corrected chi connectivity index (χ4v) is 4.92. The van der Waals surface area contributed by atoms with E-state index in [9.17, 15) is 5.11 Å². The van der Waals surface area contributed by atoms with E-state index in [1.807, 2.05) is 18.2 Å². The molecule has 1 aromatic carbocycles. The van der Waals surface area contributed by atoms with Crippen LogP contribution in [0.1, 0.15) is 48.5 Å². The Bertz CT molecular complexity index is 850. The van der Waals surface area contributed by atoms with E-state index >= 15 is 0 Å². The van der Waals surface area contributed by atoms with Gasteiger partial charge in [0.25, 0.3) is 0 Å². The first kappa shape index (κ1) is 16.8. The highest BCUT2D eigenvalue weighted by Gasteiger charge is 2.41. The highest BCUT2D eigenvalue weighted by atomic mass is 16.5. The molecule has 6 heteroatoms. The smallest absolute Gasteiger partial charge is 0.225 e. The third kappa shape index (κ3) is 2.92. The van der Waals surface area contributed by atoms with Gasteiger partial charge in [0.15, 0.2) is 11.5 Å². The molecular formula is C21H26N4O2. The molecule has 142 valence electrons. The lowest BCUT2D eigenvalue weighted by Crippen LogP contribution is -2.38. The fraction of sp³-hybridized carbons (Fsp3) is 0.524. The number of fused-ring (bicyclic) bond motifs is 4. The lowest BCUT2D eigenvalue weighted by atomic mass is 9.98. The number of phenols is 1. The van der Waals surface area contributed by atoms with Crippen LogP contribution in [0.3, 0.4) is 0 Å². The first-order chi connectivity index (χ1) is 13.2. The molecule has 3 aliphatic heterocycles. The molecule has 27 heavy (non-hydrogen) atoms. The Balaban J connectivity index is 1.39. The Morgan fingerprint density at radius 3 is 2.85 bits per heavy atom. The highest BCUT2D eigenvalue weighted by Crippen LogP contribution is 2.44. The quantitative estimate of drug-likeness (QED) is 0.897. The van der Waals surface area contributed by atoms with Gasteiger partial charge in [-0.2, -0.15) is 0 Å². The monoisotopic (exact) mass is 366 g/mol. The zero-order valence-corrected chi connectivity index (χ0v) is 15.8. The van der Waals surface area contributed by atoms with Crippen LogP contribution in [0.15, 0.2) is 24.4 Å². The Hall–Kier alpha value is -2.34. The molecule has 2 atom stereocenters. The summed E-state index contributed by atoms with van der Waals surface area (Å²) in [5.74, 6) is 1.64. The lowest BCUT2D eigenvalue weighted by molar-refractivity contribution is 0.166. The number of hydrogen-bond acceptors (Lipinski definition) is 6. The summed E-state index contributed by atoms with van der Waals surface area (Å²) in [7, 11) is 1.58. The summed E-state index contributed by atoms with van der Waals surface area (Å²) in [5, 5.41) is 10.1. The largest absolute Gasteiger partial charge is 0.504 e. The number of aromatic hydroxyl groups is 1. The van der Waals surface area contributed by atoms with Gasteiger partial charge >= 0.3 is 0 Å². The average Bonchev–Trinajstić information content (AvgIpc) is 3.30. The molecule has 0 radical (unpaired) electrons. The van der Waals surface area contributed by atoms with Crippen molar-refractivity contribution in [3.8, 4) is 11.5 Å². The van der Waals surface area contributed by atoms with Gasteiger partial charge in [-0.25, -0.2) is 9.97 Å². The van der Waals surface area contributed by atoms with Crippen LogP contribution >= 0.6 is 0 Å². The summed E-state index contributed by atoms with van der Waals surface area (Å²) in [6, 6.07) is 6.61. The van der Waals surface area contributed by atoms with Gasteiger partial charge in [0.05, 0.1) is 12.8 Å². The van der Waals surface area contributed by atoms with Crippen molar-refractivity contribution in [2.24, 2.45) is 0 Å². The van der Waals surface area contributed by atoms with Crippen LogP contribution in [-0.4, -0.2) is 46.2 Å². The average molecular weight is 366 g/mol. The van der Waals surface area contributed by atoms with E-state index in [1.165, 1.54) is 30.5 Å². The third-order valence-electron chi connectivity index (χ3n) is 6.32. The van der Waals surface area contributed by atoms with E-state index in [2.05, 4.69) is 16.0 Å². The minimum Gasteiger partial charge on any atom is -0.504 e. The number of ether oxygens (including phenoxy) is 1. The zero-order valence-electron chi connectivity index (χ0n) is 15.8. The third-order valence-corrected chi connectivity index (χ3v) is 6.32. The van der Waals surface area contributed by atoms with Crippen LogP contribution < -0.4 is 9.64 Å². The van der Waals surface area contributed by atoms with Crippen molar-refractivity contribution in [2.75, 3.05) is 25.1 Å². The van der Waals surface area contributed by atoms with Crippen molar-refractivity contribution in [2.45, 2.75) is 50.7 Å². The molecular weight excluding hydrogens is 340 g/mol.